The van der Waals surface area contributed by atoms with Crippen LogP contribution in [0.4, 0.5) is 5.69 Å². The molecule has 0 aliphatic heterocycles. The van der Waals surface area contributed by atoms with E-state index in [1.165, 1.54) is 6.92 Å². The number of sulfonamides is 1. The quantitative estimate of drug-likeness (QED) is 0.837. The molecule has 0 unspecified atom stereocenters. The Balaban J connectivity index is 2.80. The van der Waals surface area contributed by atoms with Gasteiger partial charge in [0.2, 0.25) is 15.9 Å². The fraction of sp³-hybridized carbons (Fsp3) is 0.533. The standard InChI is InChI=1S/C15H24N2O3S/c1-5-10-21(19,20)16-8-9-17(14(4)18)15-11-12(2)6-7-13(15)3/h6-7,11,16H,5,8-10H2,1-4H3. The second-order valence-corrected chi connectivity index (χ2v) is 7.10. The van der Waals surface area contributed by atoms with Crippen LogP contribution < -0.4 is 9.62 Å². The summed E-state index contributed by atoms with van der Waals surface area (Å²) >= 11 is 0. The molecule has 1 aromatic carbocycles. The van der Waals surface area contributed by atoms with Gasteiger partial charge in [0.25, 0.3) is 0 Å². The summed E-state index contributed by atoms with van der Waals surface area (Å²) in [5.41, 5.74) is 2.89. The molecule has 0 radical (unpaired) electrons. The second-order valence-electron chi connectivity index (χ2n) is 5.17. The van der Waals surface area contributed by atoms with Crippen molar-refractivity contribution in [2.45, 2.75) is 34.1 Å². The molecule has 0 aliphatic carbocycles. The van der Waals surface area contributed by atoms with E-state index in [-0.39, 0.29) is 18.2 Å². The third kappa shape index (κ3) is 5.47. The van der Waals surface area contributed by atoms with E-state index in [9.17, 15) is 13.2 Å². The molecule has 5 nitrogen and oxygen atoms in total. The van der Waals surface area contributed by atoms with Gasteiger partial charge in [-0.2, -0.15) is 0 Å². The Morgan fingerprint density at radius 2 is 1.95 bits per heavy atom. The lowest BCUT2D eigenvalue weighted by atomic mass is 10.1. The number of amides is 1. The van der Waals surface area contributed by atoms with Crippen molar-refractivity contribution in [3.63, 3.8) is 0 Å². The van der Waals surface area contributed by atoms with Crippen LogP contribution in [-0.2, 0) is 14.8 Å². The molecular formula is C15H24N2O3S. The van der Waals surface area contributed by atoms with E-state index >= 15 is 0 Å². The van der Waals surface area contributed by atoms with Gasteiger partial charge in [0.1, 0.15) is 0 Å². The van der Waals surface area contributed by atoms with Crippen LogP contribution >= 0.6 is 0 Å². The monoisotopic (exact) mass is 312 g/mol. The van der Waals surface area contributed by atoms with Crippen molar-refractivity contribution < 1.29 is 13.2 Å². The van der Waals surface area contributed by atoms with Crippen LogP contribution in [0, 0.1) is 13.8 Å². The normalized spacial score (nSPS) is 11.4. The molecule has 0 bridgehead atoms. The van der Waals surface area contributed by atoms with E-state index in [1.54, 1.807) is 4.90 Å². The Bertz CT molecular complexity index is 597. The van der Waals surface area contributed by atoms with E-state index < -0.39 is 10.0 Å². The van der Waals surface area contributed by atoms with Crippen LogP contribution in [0.5, 0.6) is 0 Å². The van der Waals surface area contributed by atoms with Crippen molar-refractivity contribution in [2.75, 3.05) is 23.7 Å². The topological polar surface area (TPSA) is 66.5 Å². The van der Waals surface area contributed by atoms with Crippen LogP contribution in [0.25, 0.3) is 0 Å². The molecule has 21 heavy (non-hydrogen) atoms. The van der Waals surface area contributed by atoms with Gasteiger partial charge in [0.05, 0.1) is 5.75 Å². The van der Waals surface area contributed by atoms with Crippen molar-refractivity contribution >= 4 is 21.6 Å². The Hall–Kier alpha value is -1.40. The zero-order chi connectivity index (χ0) is 16.0. The smallest absolute Gasteiger partial charge is 0.223 e. The van der Waals surface area contributed by atoms with Crippen molar-refractivity contribution in [1.82, 2.24) is 4.72 Å². The summed E-state index contributed by atoms with van der Waals surface area (Å²) in [5, 5.41) is 0. The molecule has 0 atom stereocenters. The first-order valence-electron chi connectivity index (χ1n) is 7.09. The average Bonchev–Trinajstić information content (AvgIpc) is 2.37. The lowest BCUT2D eigenvalue weighted by Crippen LogP contribution is -2.38. The van der Waals surface area contributed by atoms with Gasteiger partial charge >= 0.3 is 0 Å². The number of rotatable bonds is 7. The van der Waals surface area contributed by atoms with Gasteiger partial charge < -0.3 is 4.90 Å². The van der Waals surface area contributed by atoms with E-state index in [2.05, 4.69) is 4.72 Å². The van der Waals surface area contributed by atoms with E-state index in [4.69, 9.17) is 0 Å². The molecule has 0 heterocycles. The molecule has 1 N–H and O–H groups in total. The van der Waals surface area contributed by atoms with Crippen molar-refractivity contribution in [3.8, 4) is 0 Å². The zero-order valence-corrected chi connectivity index (χ0v) is 14.0. The van der Waals surface area contributed by atoms with Gasteiger partial charge in [0, 0.05) is 25.7 Å². The second kappa shape index (κ2) is 7.56. The number of carbonyl (C=O) groups is 1. The molecule has 118 valence electrons. The fourth-order valence-electron chi connectivity index (χ4n) is 2.11. The SMILES string of the molecule is CCCS(=O)(=O)NCCN(C(C)=O)c1cc(C)ccc1C. The van der Waals surface area contributed by atoms with Crippen molar-refractivity contribution in [2.24, 2.45) is 0 Å². The number of hydrogen-bond acceptors (Lipinski definition) is 3. The number of hydrogen-bond donors (Lipinski definition) is 1. The van der Waals surface area contributed by atoms with Crippen LogP contribution in [0.3, 0.4) is 0 Å². The van der Waals surface area contributed by atoms with Crippen LogP contribution in [-0.4, -0.2) is 33.2 Å². The molecule has 6 heteroatoms. The highest BCUT2D eigenvalue weighted by Gasteiger charge is 2.15. The lowest BCUT2D eigenvalue weighted by molar-refractivity contribution is -0.116. The largest absolute Gasteiger partial charge is 0.311 e. The number of aryl methyl sites for hydroxylation is 2. The maximum absolute atomic E-state index is 11.8. The Morgan fingerprint density at radius 1 is 1.29 bits per heavy atom. The highest BCUT2D eigenvalue weighted by atomic mass is 32.2. The predicted octanol–water partition coefficient (Wildman–Crippen LogP) is 1.99. The summed E-state index contributed by atoms with van der Waals surface area (Å²) in [5.74, 6) is 0.00897. The Labute approximate surface area is 127 Å². The minimum atomic E-state index is -3.24. The Kier molecular flexibility index (Phi) is 6.36. The molecule has 1 amide bonds. The van der Waals surface area contributed by atoms with Gasteiger partial charge in [0.15, 0.2) is 0 Å². The number of carbonyl (C=O) groups excluding carboxylic acids is 1. The summed E-state index contributed by atoms with van der Waals surface area (Å²) in [6.45, 7) is 7.74. The molecule has 0 fully saturated rings. The van der Waals surface area contributed by atoms with Crippen molar-refractivity contribution in [1.29, 1.82) is 0 Å². The van der Waals surface area contributed by atoms with Crippen LogP contribution in [0.2, 0.25) is 0 Å². The molecule has 0 saturated carbocycles. The number of anilines is 1. The highest BCUT2D eigenvalue weighted by Crippen LogP contribution is 2.21. The molecule has 0 aliphatic rings. The zero-order valence-electron chi connectivity index (χ0n) is 13.1. The first-order chi connectivity index (χ1) is 9.76. The molecule has 1 rings (SSSR count). The van der Waals surface area contributed by atoms with Gasteiger partial charge in [-0.05, 0) is 37.5 Å². The minimum Gasteiger partial charge on any atom is -0.311 e. The highest BCUT2D eigenvalue weighted by molar-refractivity contribution is 7.89. The third-order valence-corrected chi connectivity index (χ3v) is 4.76. The summed E-state index contributed by atoms with van der Waals surface area (Å²) in [4.78, 5) is 13.4. The maximum atomic E-state index is 11.8. The third-order valence-electron chi connectivity index (χ3n) is 3.17. The summed E-state index contributed by atoms with van der Waals surface area (Å²) < 4.78 is 25.8. The summed E-state index contributed by atoms with van der Waals surface area (Å²) in [6.07, 6.45) is 0.572. The van der Waals surface area contributed by atoms with Crippen molar-refractivity contribution in [3.05, 3.63) is 29.3 Å². The molecular weight excluding hydrogens is 288 g/mol. The minimum absolute atomic E-state index is 0.0987. The number of nitrogens with one attached hydrogen (secondary N) is 1. The average molecular weight is 312 g/mol. The lowest BCUT2D eigenvalue weighted by Gasteiger charge is -2.23. The molecule has 1 aromatic rings. The molecule has 0 aromatic heterocycles. The number of benzene rings is 1. The fourth-order valence-corrected chi connectivity index (χ4v) is 3.20. The first kappa shape index (κ1) is 17.7. The van der Waals surface area contributed by atoms with E-state index in [0.29, 0.717) is 13.0 Å². The Morgan fingerprint density at radius 3 is 2.52 bits per heavy atom. The van der Waals surface area contributed by atoms with E-state index in [1.807, 2.05) is 39.0 Å². The van der Waals surface area contributed by atoms with E-state index in [0.717, 1.165) is 16.8 Å². The summed E-state index contributed by atoms with van der Waals surface area (Å²) in [7, 11) is -3.24. The molecule has 0 saturated heterocycles. The number of nitrogens with zero attached hydrogens (tertiary/aromatic N) is 1. The summed E-state index contributed by atoms with van der Waals surface area (Å²) in [6, 6.07) is 5.89. The first-order valence-corrected chi connectivity index (χ1v) is 8.74. The molecule has 0 spiro atoms. The van der Waals surface area contributed by atoms with Crippen LogP contribution in [0.1, 0.15) is 31.4 Å². The van der Waals surface area contributed by atoms with Gasteiger partial charge in [-0.15, -0.1) is 0 Å². The van der Waals surface area contributed by atoms with Crippen LogP contribution in [0.15, 0.2) is 18.2 Å². The van der Waals surface area contributed by atoms with Gasteiger partial charge in [-0.1, -0.05) is 19.1 Å². The van der Waals surface area contributed by atoms with Gasteiger partial charge in [-0.3, -0.25) is 4.79 Å². The predicted molar refractivity (Wildman–Crippen MR) is 86.0 cm³/mol. The maximum Gasteiger partial charge on any atom is 0.223 e. The van der Waals surface area contributed by atoms with Gasteiger partial charge in [-0.25, -0.2) is 13.1 Å².